The van der Waals surface area contributed by atoms with Crippen LogP contribution in [-0.4, -0.2) is 41.8 Å². The van der Waals surface area contributed by atoms with Crippen LogP contribution in [-0.2, 0) is 6.54 Å². The number of ether oxygens (including phenoxy) is 1. The fourth-order valence-corrected chi connectivity index (χ4v) is 4.58. The van der Waals surface area contributed by atoms with Gasteiger partial charge in [-0.15, -0.1) is 5.10 Å². The average molecular weight is 505 g/mol. The molecule has 6 rings (SSSR count). The first-order chi connectivity index (χ1) is 18.6. The van der Waals surface area contributed by atoms with Gasteiger partial charge in [-0.25, -0.2) is 10.1 Å². The summed E-state index contributed by atoms with van der Waals surface area (Å²) in [7, 11) is 0. The summed E-state index contributed by atoms with van der Waals surface area (Å²) in [5, 5.41) is 26.7. The van der Waals surface area contributed by atoms with Gasteiger partial charge in [-0.05, 0) is 53.1 Å². The van der Waals surface area contributed by atoms with Gasteiger partial charge in [0.15, 0.2) is 17.7 Å². The first-order valence-electron chi connectivity index (χ1n) is 12.2. The Labute approximate surface area is 218 Å². The quantitative estimate of drug-likeness (QED) is 0.254. The second kappa shape index (κ2) is 9.74. The standard InChI is InChI=1S/C28H24N8O2/c1-3-38-28-30-24-16-23(25-10-6-7-15-36(25)37)18(2)29-27(24)35(28)17-19-11-13-20(14-12-19)21-8-4-5-9-22(21)26-31-33-34-32-26/h4-16H,3,17H2,1-2H3,(H,31,32,33,34). The van der Waals surface area contributed by atoms with E-state index < -0.39 is 0 Å². The van der Waals surface area contributed by atoms with Gasteiger partial charge in [-0.2, -0.15) is 9.71 Å². The molecule has 0 spiro atoms. The molecule has 0 aliphatic rings. The van der Waals surface area contributed by atoms with E-state index in [2.05, 4.69) is 44.9 Å². The van der Waals surface area contributed by atoms with Gasteiger partial charge >= 0.3 is 0 Å². The minimum absolute atomic E-state index is 0.473. The minimum Gasteiger partial charge on any atom is -0.618 e. The molecule has 1 N–H and O–H groups in total. The number of hydrogen-bond acceptors (Lipinski definition) is 7. The molecule has 4 aromatic heterocycles. The number of rotatable bonds is 7. The summed E-state index contributed by atoms with van der Waals surface area (Å²) in [6, 6.07) is 24.0. The zero-order chi connectivity index (χ0) is 26.1. The normalized spacial score (nSPS) is 11.2. The molecule has 10 nitrogen and oxygen atoms in total. The van der Waals surface area contributed by atoms with E-state index in [1.165, 1.54) is 6.20 Å². The van der Waals surface area contributed by atoms with E-state index in [0.717, 1.165) is 38.2 Å². The van der Waals surface area contributed by atoms with Crippen molar-refractivity contribution in [2.45, 2.75) is 20.4 Å². The topological polar surface area (TPSA) is 121 Å². The van der Waals surface area contributed by atoms with Crippen molar-refractivity contribution in [1.29, 1.82) is 0 Å². The third kappa shape index (κ3) is 4.21. The van der Waals surface area contributed by atoms with Crippen molar-refractivity contribution < 1.29 is 9.47 Å². The molecule has 188 valence electrons. The molecule has 0 saturated carbocycles. The van der Waals surface area contributed by atoms with E-state index in [1.807, 2.05) is 54.8 Å². The van der Waals surface area contributed by atoms with Gasteiger partial charge in [0.1, 0.15) is 5.52 Å². The number of aromatic nitrogens is 8. The molecule has 0 aliphatic heterocycles. The number of nitrogens with zero attached hydrogens (tertiary/aromatic N) is 7. The molecule has 6 aromatic rings. The summed E-state index contributed by atoms with van der Waals surface area (Å²) in [4.78, 5) is 9.55. The number of nitrogens with one attached hydrogen (secondary N) is 1. The lowest BCUT2D eigenvalue weighted by Gasteiger charge is -2.11. The molecule has 0 amide bonds. The highest BCUT2D eigenvalue weighted by Crippen LogP contribution is 2.31. The number of fused-ring (bicyclic) bond motifs is 1. The maximum Gasteiger partial charge on any atom is 0.298 e. The van der Waals surface area contributed by atoms with Gasteiger partial charge in [0, 0.05) is 17.7 Å². The molecule has 0 saturated heterocycles. The molecular weight excluding hydrogens is 480 g/mol. The Morgan fingerprint density at radius 2 is 1.74 bits per heavy atom. The Morgan fingerprint density at radius 3 is 2.47 bits per heavy atom. The zero-order valence-electron chi connectivity index (χ0n) is 20.9. The van der Waals surface area contributed by atoms with E-state index in [1.54, 1.807) is 12.1 Å². The lowest BCUT2D eigenvalue weighted by molar-refractivity contribution is -0.593. The fraction of sp³-hybridized carbons (Fsp3) is 0.143. The molecule has 0 radical (unpaired) electrons. The highest BCUT2D eigenvalue weighted by Gasteiger charge is 2.19. The van der Waals surface area contributed by atoms with Gasteiger partial charge in [0.2, 0.25) is 5.69 Å². The summed E-state index contributed by atoms with van der Waals surface area (Å²) in [5.74, 6) is 0.620. The third-order valence-electron chi connectivity index (χ3n) is 6.38. The highest BCUT2D eigenvalue weighted by atomic mass is 16.5. The molecule has 38 heavy (non-hydrogen) atoms. The largest absolute Gasteiger partial charge is 0.618 e. The van der Waals surface area contributed by atoms with Crippen molar-refractivity contribution in [3.8, 4) is 39.8 Å². The lowest BCUT2D eigenvalue weighted by atomic mass is 9.98. The van der Waals surface area contributed by atoms with Crippen LogP contribution in [0.1, 0.15) is 18.2 Å². The fourth-order valence-electron chi connectivity index (χ4n) is 4.58. The van der Waals surface area contributed by atoms with Crippen LogP contribution in [0.4, 0.5) is 0 Å². The summed E-state index contributed by atoms with van der Waals surface area (Å²) in [6.07, 6.45) is 1.48. The molecular formula is C28H24N8O2. The zero-order valence-corrected chi connectivity index (χ0v) is 20.9. The van der Waals surface area contributed by atoms with Crippen molar-refractivity contribution >= 4 is 11.2 Å². The summed E-state index contributed by atoms with van der Waals surface area (Å²) >= 11 is 0. The molecule has 0 aliphatic carbocycles. The molecule has 2 aromatic carbocycles. The minimum atomic E-state index is 0.473. The van der Waals surface area contributed by atoms with Crippen LogP contribution < -0.4 is 9.47 Å². The number of pyridine rings is 2. The van der Waals surface area contributed by atoms with Crippen LogP contribution in [0.3, 0.4) is 0 Å². The van der Waals surface area contributed by atoms with Crippen LogP contribution in [0.25, 0.3) is 44.9 Å². The number of hydrogen-bond donors (Lipinski definition) is 1. The summed E-state index contributed by atoms with van der Waals surface area (Å²) in [6.45, 7) is 4.82. The van der Waals surface area contributed by atoms with Crippen LogP contribution in [0.15, 0.2) is 79.0 Å². The van der Waals surface area contributed by atoms with Crippen LogP contribution in [0, 0.1) is 12.1 Å². The van der Waals surface area contributed by atoms with Crippen molar-refractivity contribution in [3.05, 3.63) is 95.5 Å². The Morgan fingerprint density at radius 1 is 0.947 bits per heavy atom. The molecule has 10 heteroatoms. The first-order valence-corrected chi connectivity index (χ1v) is 12.2. The summed E-state index contributed by atoms with van der Waals surface area (Å²) in [5.41, 5.74) is 7.46. The second-order valence-corrected chi connectivity index (χ2v) is 8.78. The third-order valence-corrected chi connectivity index (χ3v) is 6.38. The van der Waals surface area contributed by atoms with E-state index in [-0.39, 0.29) is 0 Å². The average Bonchev–Trinajstić information content (AvgIpc) is 3.58. The lowest BCUT2D eigenvalue weighted by Crippen LogP contribution is -2.28. The molecule has 4 heterocycles. The number of benzene rings is 2. The van der Waals surface area contributed by atoms with Gasteiger partial charge in [-0.1, -0.05) is 48.5 Å². The maximum atomic E-state index is 12.4. The van der Waals surface area contributed by atoms with Crippen molar-refractivity contribution in [2.75, 3.05) is 6.61 Å². The Balaban J connectivity index is 1.36. The monoisotopic (exact) mass is 504 g/mol. The van der Waals surface area contributed by atoms with Gasteiger partial charge in [0.25, 0.3) is 6.01 Å². The number of aryl methyl sites for hydroxylation is 1. The number of imidazole rings is 1. The SMILES string of the molecule is CCOc1nc2cc(-c3cccc[n+]3[O-])c(C)nc2n1Cc1ccc(-c2ccccc2-c2nnn[nH]2)cc1. The van der Waals surface area contributed by atoms with Crippen LogP contribution in [0.5, 0.6) is 6.01 Å². The Kier molecular flexibility index (Phi) is 5.97. The molecule has 0 unspecified atom stereocenters. The predicted octanol–water partition coefficient (Wildman–Crippen LogP) is 4.33. The maximum absolute atomic E-state index is 12.4. The van der Waals surface area contributed by atoms with Crippen LogP contribution >= 0.6 is 0 Å². The predicted molar refractivity (Wildman–Crippen MR) is 142 cm³/mol. The summed E-state index contributed by atoms with van der Waals surface area (Å²) < 4.78 is 8.69. The number of aromatic amines is 1. The van der Waals surface area contributed by atoms with Crippen molar-refractivity contribution in [2.24, 2.45) is 0 Å². The first kappa shape index (κ1) is 23.3. The van der Waals surface area contributed by atoms with Gasteiger partial charge in [-0.3, -0.25) is 4.57 Å². The van der Waals surface area contributed by atoms with E-state index in [4.69, 9.17) is 14.7 Å². The number of H-pyrrole nitrogens is 1. The van der Waals surface area contributed by atoms with Crippen LogP contribution in [0.2, 0.25) is 0 Å². The van der Waals surface area contributed by atoms with E-state index in [0.29, 0.717) is 41.8 Å². The Bertz CT molecular complexity index is 1730. The van der Waals surface area contributed by atoms with Crippen molar-refractivity contribution in [3.63, 3.8) is 0 Å². The molecule has 0 fully saturated rings. The molecule has 0 bridgehead atoms. The van der Waals surface area contributed by atoms with Crippen molar-refractivity contribution in [1.82, 2.24) is 35.2 Å². The molecule has 0 atom stereocenters. The van der Waals surface area contributed by atoms with Gasteiger partial charge < -0.3 is 9.94 Å². The van der Waals surface area contributed by atoms with Gasteiger partial charge in [0.05, 0.1) is 24.4 Å². The number of tetrazole rings is 1. The Hall–Kier alpha value is -5.12. The second-order valence-electron chi connectivity index (χ2n) is 8.78. The van der Waals surface area contributed by atoms with E-state index in [9.17, 15) is 5.21 Å². The highest BCUT2D eigenvalue weighted by molar-refractivity contribution is 5.81. The smallest absolute Gasteiger partial charge is 0.298 e. The van der Waals surface area contributed by atoms with E-state index >= 15 is 0 Å².